The highest BCUT2D eigenvalue weighted by Gasteiger charge is 2.43. The number of fused-ring (bicyclic) bond motifs is 1. The standard InChI is InChI=1S/C10H13N5O4.C3H7NO/c11-8-5-9(13-2-12-8)15(3-14-5)10-7(18)6(17)4(1-16)19-10;1-2-4-3-5/h2-4,6-7,10,16-18H,1H2,(H2,11,12,13);3H,2H2,1H3,(H,4,5)/t4-,6-,7-,10-;/m1./s1. The minimum atomic E-state index is -1.19. The molecule has 0 aliphatic carbocycles. The lowest BCUT2D eigenvalue weighted by Gasteiger charge is -2.16. The van der Waals surface area contributed by atoms with Gasteiger partial charge in [-0.1, -0.05) is 0 Å². The van der Waals surface area contributed by atoms with Crippen LogP contribution in [-0.2, 0) is 9.53 Å². The number of nitrogens with zero attached hydrogens (tertiary/aromatic N) is 4. The van der Waals surface area contributed by atoms with E-state index in [-0.39, 0.29) is 5.82 Å². The number of imidazole rings is 1. The van der Waals surface area contributed by atoms with Crippen molar-refractivity contribution in [2.24, 2.45) is 0 Å². The molecule has 3 heterocycles. The minimum Gasteiger partial charge on any atom is -0.394 e. The van der Waals surface area contributed by atoms with Gasteiger partial charge in [0, 0.05) is 6.54 Å². The fourth-order valence-electron chi connectivity index (χ4n) is 2.25. The number of ether oxygens (including phenoxy) is 1. The van der Waals surface area contributed by atoms with Gasteiger partial charge in [-0.25, -0.2) is 15.0 Å². The van der Waals surface area contributed by atoms with Crippen molar-refractivity contribution in [1.29, 1.82) is 0 Å². The molecule has 3 rings (SSSR count). The predicted octanol–water partition coefficient (Wildman–Crippen LogP) is -2.23. The number of carbonyl (C=O) groups excluding carboxylic acids is 1. The largest absolute Gasteiger partial charge is 0.394 e. The number of aliphatic hydroxyl groups is 3. The van der Waals surface area contributed by atoms with Crippen LogP contribution < -0.4 is 11.1 Å². The van der Waals surface area contributed by atoms with Gasteiger partial charge in [0.2, 0.25) is 6.41 Å². The lowest BCUT2D eigenvalue weighted by Crippen LogP contribution is -2.33. The Labute approximate surface area is 137 Å². The van der Waals surface area contributed by atoms with Gasteiger partial charge >= 0.3 is 0 Å². The van der Waals surface area contributed by atoms with E-state index in [1.165, 1.54) is 17.2 Å². The summed E-state index contributed by atoms with van der Waals surface area (Å²) < 4.78 is 6.85. The number of nitrogens with two attached hydrogens (primary N) is 1. The van der Waals surface area contributed by atoms with E-state index in [0.717, 1.165) is 6.54 Å². The quantitative estimate of drug-likeness (QED) is 0.387. The molecule has 0 unspecified atom stereocenters. The lowest BCUT2D eigenvalue weighted by molar-refractivity contribution is -0.109. The van der Waals surface area contributed by atoms with Crippen molar-refractivity contribution >= 4 is 23.4 Å². The normalized spacial score (nSPS) is 26.0. The van der Waals surface area contributed by atoms with Crippen molar-refractivity contribution in [3.8, 4) is 0 Å². The number of hydrogen-bond donors (Lipinski definition) is 5. The second-order valence-electron chi connectivity index (χ2n) is 4.99. The molecule has 11 nitrogen and oxygen atoms in total. The van der Waals surface area contributed by atoms with Crippen LogP contribution in [-0.4, -0.2) is 72.7 Å². The van der Waals surface area contributed by atoms with E-state index in [9.17, 15) is 15.0 Å². The summed E-state index contributed by atoms with van der Waals surface area (Å²) in [5.74, 6) is 0.218. The van der Waals surface area contributed by atoms with E-state index in [2.05, 4.69) is 20.3 Å². The molecule has 132 valence electrons. The maximum atomic E-state index is 9.95. The van der Waals surface area contributed by atoms with Gasteiger partial charge in [0.25, 0.3) is 0 Å². The van der Waals surface area contributed by atoms with Crippen LogP contribution in [0.15, 0.2) is 12.7 Å². The van der Waals surface area contributed by atoms with Crippen molar-refractivity contribution in [3.63, 3.8) is 0 Å². The van der Waals surface area contributed by atoms with E-state index >= 15 is 0 Å². The molecule has 1 fully saturated rings. The van der Waals surface area contributed by atoms with Crippen LogP contribution in [0.3, 0.4) is 0 Å². The Morgan fingerprint density at radius 3 is 2.67 bits per heavy atom. The first-order valence-corrected chi connectivity index (χ1v) is 7.27. The lowest BCUT2D eigenvalue weighted by atomic mass is 10.1. The number of hydrogen-bond acceptors (Lipinski definition) is 9. The molecule has 2 aromatic rings. The smallest absolute Gasteiger partial charge is 0.207 e. The van der Waals surface area contributed by atoms with Crippen LogP contribution in [0.1, 0.15) is 13.2 Å². The Kier molecular flexibility index (Phi) is 5.98. The molecule has 11 heteroatoms. The van der Waals surface area contributed by atoms with Crippen LogP contribution in [0.4, 0.5) is 5.82 Å². The Morgan fingerprint density at radius 1 is 1.38 bits per heavy atom. The topological polar surface area (TPSA) is 169 Å². The highest BCUT2D eigenvalue weighted by molar-refractivity contribution is 5.81. The molecular formula is C13H20N6O5. The Balaban J connectivity index is 0.000000368. The Morgan fingerprint density at radius 2 is 2.12 bits per heavy atom. The highest BCUT2D eigenvalue weighted by atomic mass is 16.6. The van der Waals surface area contributed by atoms with Gasteiger partial charge in [0.15, 0.2) is 17.7 Å². The highest BCUT2D eigenvalue weighted by Crippen LogP contribution is 2.31. The third-order valence-electron chi connectivity index (χ3n) is 3.47. The van der Waals surface area contributed by atoms with Gasteiger partial charge < -0.3 is 31.1 Å². The van der Waals surface area contributed by atoms with Gasteiger partial charge in [-0.2, -0.15) is 0 Å². The maximum absolute atomic E-state index is 9.95. The molecule has 0 spiro atoms. The Hall–Kier alpha value is -2.34. The first-order chi connectivity index (χ1) is 11.5. The second-order valence-corrected chi connectivity index (χ2v) is 4.99. The number of aliphatic hydroxyl groups excluding tert-OH is 3. The second kappa shape index (κ2) is 7.97. The van der Waals surface area contributed by atoms with E-state index in [1.54, 1.807) is 0 Å². The van der Waals surface area contributed by atoms with Crippen molar-refractivity contribution in [2.45, 2.75) is 31.5 Å². The summed E-state index contributed by atoms with van der Waals surface area (Å²) in [4.78, 5) is 21.2. The molecule has 4 atom stereocenters. The van der Waals surface area contributed by atoms with Crippen LogP contribution in [0.2, 0.25) is 0 Å². The molecular weight excluding hydrogens is 320 g/mol. The van der Waals surface area contributed by atoms with Crippen molar-refractivity contribution in [1.82, 2.24) is 24.8 Å². The molecule has 1 amide bonds. The number of anilines is 1. The molecule has 0 saturated carbocycles. The van der Waals surface area contributed by atoms with E-state index in [1.807, 2.05) is 6.92 Å². The number of nitrogen functional groups attached to an aromatic ring is 1. The molecule has 2 aromatic heterocycles. The number of nitrogens with one attached hydrogen (secondary N) is 1. The van der Waals surface area contributed by atoms with Crippen LogP contribution in [0.25, 0.3) is 11.2 Å². The average molecular weight is 340 g/mol. The first kappa shape index (κ1) is 18.0. The number of rotatable bonds is 4. The molecule has 1 aliphatic heterocycles. The van der Waals surface area contributed by atoms with E-state index in [4.69, 9.17) is 15.6 Å². The van der Waals surface area contributed by atoms with Gasteiger partial charge in [-0.05, 0) is 6.92 Å². The third kappa shape index (κ3) is 3.43. The molecule has 6 N–H and O–H groups in total. The van der Waals surface area contributed by atoms with E-state index in [0.29, 0.717) is 17.6 Å². The Bertz CT molecular complexity index is 680. The molecule has 24 heavy (non-hydrogen) atoms. The molecule has 0 aromatic carbocycles. The first-order valence-electron chi connectivity index (χ1n) is 7.27. The summed E-state index contributed by atoms with van der Waals surface area (Å²) in [5, 5.41) is 31.2. The molecule has 1 saturated heterocycles. The van der Waals surface area contributed by atoms with Gasteiger partial charge in [0.1, 0.15) is 30.2 Å². The van der Waals surface area contributed by atoms with Crippen LogP contribution in [0, 0.1) is 0 Å². The van der Waals surface area contributed by atoms with E-state index < -0.39 is 31.1 Å². The third-order valence-corrected chi connectivity index (χ3v) is 3.47. The van der Waals surface area contributed by atoms with Crippen molar-refractivity contribution < 1.29 is 24.9 Å². The number of aromatic nitrogens is 4. The summed E-state index contributed by atoms with van der Waals surface area (Å²) in [7, 11) is 0. The summed E-state index contributed by atoms with van der Waals surface area (Å²) >= 11 is 0. The fourth-order valence-corrected chi connectivity index (χ4v) is 2.25. The summed E-state index contributed by atoms with van der Waals surface area (Å²) in [6.07, 6.45) is -0.742. The fraction of sp³-hybridized carbons (Fsp3) is 0.538. The van der Waals surface area contributed by atoms with Gasteiger partial charge in [0.05, 0.1) is 12.9 Å². The zero-order valence-corrected chi connectivity index (χ0v) is 13.0. The predicted molar refractivity (Wildman–Crippen MR) is 82.5 cm³/mol. The summed E-state index contributed by atoms with van der Waals surface area (Å²) in [6, 6.07) is 0. The summed E-state index contributed by atoms with van der Waals surface area (Å²) in [5.41, 5.74) is 6.44. The zero-order chi connectivity index (χ0) is 17.7. The molecule has 0 bridgehead atoms. The molecule has 0 radical (unpaired) electrons. The maximum Gasteiger partial charge on any atom is 0.207 e. The van der Waals surface area contributed by atoms with Gasteiger partial charge in [-0.15, -0.1) is 0 Å². The zero-order valence-electron chi connectivity index (χ0n) is 13.0. The number of carbonyl (C=O) groups is 1. The van der Waals surface area contributed by atoms with Crippen LogP contribution in [0.5, 0.6) is 0 Å². The SMILES string of the molecule is CCNC=O.Nc1ncnc2c1ncn2[C@@H]1O[C@H](CO)[C@@H](O)[C@H]1O. The van der Waals surface area contributed by atoms with Gasteiger partial charge in [-0.3, -0.25) is 9.36 Å². The van der Waals surface area contributed by atoms with Crippen molar-refractivity contribution in [2.75, 3.05) is 18.9 Å². The van der Waals surface area contributed by atoms with Crippen molar-refractivity contribution in [3.05, 3.63) is 12.7 Å². The molecule has 1 aliphatic rings. The summed E-state index contributed by atoms with van der Waals surface area (Å²) in [6.45, 7) is 2.20. The average Bonchev–Trinajstić information content (AvgIpc) is 3.12. The van der Waals surface area contributed by atoms with Crippen LogP contribution >= 0.6 is 0 Å². The monoisotopic (exact) mass is 340 g/mol. The number of amides is 1. The minimum absolute atomic E-state index is 0.218.